The number of benzene rings is 3. The first-order chi connectivity index (χ1) is 12.8. The molecule has 0 aliphatic carbocycles. The predicted molar refractivity (Wildman–Crippen MR) is 107 cm³/mol. The summed E-state index contributed by atoms with van der Waals surface area (Å²) >= 11 is 0. The van der Waals surface area contributed by atoms with Crippen molar-refractivity contribution in [1.29, 1.82) is 0 Å². The molecule has 0 saturated carbocycles. The minimum absolute atomic E-state index is 0.656. The molecule has 3 rings (SSSR count). The highest BCUT2D eigenvalue weighted by Gasteiger charge is 2.14. The number of ether oxygens (including phenoxy) is 3. The summed E-state index contributed by atoms with van der Waals surface area (Å²) in [4.78, 5) is 0. The van der Waals surface area contributed by atoms with Gasteiger partial charge in [0.2, 0.25) is 0 Å². The zero-order valence-corrected chi connectivity index (χ0v) is 15.7. The molecular weight excluding hydrogens is 324 g/mol. The fraction of sp³-hybridized carbons (Fsp3) is 0.304. The Morgan fingerprint density at radius 1 is 0.846 bits per heavy atom. The Balaban J connectivity index is 2.08. The molecule has 0 unspecified atom stereocenters. The summed E-state index contributed by atoms with van der Waals surface area (Å²) in [7, 11) is 3.41. The van der Waals surface area contributed by atoms with E-state index in [-0.39, 0.29) is 0 Å². The van der Waals surface area contributed by atoms with E-state index in [4.69, 9.17) is 14.2 Å². The maximum atomic E-state index is 6.09. The molecule has 0 spiro atoms. The van der Waals surface area contributed by atoms with Crippen molar-refractivity contribution in [1.82, 2.24) is 0 Å². The van der Waals surface area contributed by atoms with Crippen molar-refractivity contribution in [2.75, 3.05) is 27.4 Å². The van der Waals surface area contributed by atoms with E-state index < -0.39 is 0 Å². The highest BCUT2D eigenvalue weighted by molar-refractivity contribution is 6.01. The maximum absolute atomic E-state index is 6.09. The number of methoxy groups -OCH3 is 2. The minimum Gasteiger partial charge on any atom is -0.497 e. The molecule has 0 aliphatic heterocycles. The van der Waals surface area contributed by atoms with Gasteiger partial charge in [0.25, 0.3) is 0 Å². The third kappa shape index (κ3) is 3.83. The fourth-order valence-electron chi connectivity index (χ4n) is 3.28. The molecule has 0 heterocycles. The van der Waals surface area contributed by atoms with E-state index in [1.807, 2.05) is 12.1 Å². The first kappa shape index (κ1) is 18.3. The van der Waals surface area contributed by atoms with Crippen molar-refractivity contribution in [2.45, 2.75) is 19.8 Å². The lowest BCUT2D eigenvalue weighted by Gasteiger charge is -2.17. The van der Waals surface area contributed by atoms with Crippen molar-refractivity contribution in [3.05, 3.63) is 60.2 Å². The lowest BCUT2D eigenvalue weighted by atomic mass is 9.91. The van der Waals surface area contributed by atoms with Crippen molar-refractivity contribution in [2.24, 2.45) is 0 Å². The molecule has 0 aromatic heterocycles. The summed E-state index contributed by atoms with van der Waals surface area (Å²) in [5.41, 5.74) is 3.76. The van der Waals surface area contributed by atoms with Crippen molar-refractivity contribution in [3.63, 3.8) is 0 Å². The second-order valence-corrected chi connectivity index (χ2v) is 6.23. The lowest BCUT2D eigenvalue weighted by molar-refractivity contribution is 0.172. The van der Waals surface area contributed by atoms with E-state index in [0.29, 0.717) is 13.2 Å². The van der Waals surface area contributed by atoms with E-state index in [0.717, 1.165) is 29.7 Å². The molecule has 0 aliphatic rings. The van der Waals surface area contributed by atoms with Gasteiger partial charge in [0, 0.05) is 25.5 Å². The van der Waals surface area contributed by atoms with Crippen LogP contribution in [0.1, 0.15) is 18.9 Å². The van der Waals surface area contributed by atoms with Gasteiger partial charge in [-0.1, -0.05) is 43.3 Å². The SMILES string of the molecule is CCc1cc(OCCCOC)c2ccccc2c1-c1ccc(OC)cc1. The van der Waals surface area contributed by atoms with Crippen LogP contribution in [0.5, 0.6) is 11.5 Å². The fourth-order valence-corrected chi connectivity index (χ4v) is 3.28. The molecule has 0 fully saturated rings. The van der Waals surface area contributed by atoms with Crippen LogP contribution >= 0.6 is 0 Å². The summed E-state index contributed by atoms with van der Waals surface area (Å²) in [6.07, 6.45) is 1.83. The molecular formula is C23H26O3. The molecule has 0 saturated heterocycles. The smallest absolute Gasteiger partial charge is 0.127 e. The van der Waals surface area contributed by atoms with Crippen molar-refractivity contribution < 1.29 is 14.2 Å². The van der Waals surface area contributed by atoms with Gasteiger partial charge < -0.3 is 14.2 Å². The van der Waals surface area contributed by atoms with E-state index >= 15 is 0 Å². The number of aryl methyl sites for hydroxylation is 1. The topological polar surface area (TPSA) is 27.7 Å². The van der Waals surface area contributed by atoms with Crippen molar-refractivity contribution in [3.8, 4) is 22.6 Å². The van der Waals surface area contributed by atoms with Crippen LogP contribution in [0.15, 0.2) is 54.6 Å². The van der Waals surface area contributed by atoms with Crippen molar-refractivity contribution >= 4 is 10.8 Å². The molecule has 0 bridgehead atoms. The van der Waals surface area contributed by atoms with Gasteiger partial charge in [-0.25, -0.2) is 0 Å². The monoisotopic (exact) mass is 350 g/mol. The Bertz CT molecular complexity index is 853. The minimum atomic E-state index is 0.656. The molecule has 3 heteroatoms. The Hall–Kier alpha value is -2.52. The summed E-state index contributed by atoms with van der Waals surface area (Å²) in [5.74, 6) is 1.82. The summed E-state index contributed by atoms with van der Waals surface area (Å²) in [6.45, 7) is 3.55. The molecule has 3 nitrogen and oxygen atoms in total. The first-order valence-corrected chi connectivity index (χ1v) is 9.09. The van der Waals surface area contributed by atoms with Gasteiger partial charge in [-0.2, -0.15) is 0 Å². The Labute approximate surface area is 155 Å². The van der Waals surface area contributed by atoms with E-state index in [1.165, 1.54) is 22.1 Å². The van der Waals surface area contributed by atoms with E-state index in [2.05, 4.69) is 49.4 Å². The number of fused-ring (bicyclic) bond motifs is 1. The van der Waals surface area contributed by atoms with Gasteiger partial charge >= 0.3 is 0 Å². The summed E-state index contributed by atoms with van der Waals surface area (Å²) in [6, 6.07) is 18.9. The predicted octanol–water partition coefficient (Wildman–Crippen LogP) is 5.49. The number of rotatable bonds is 8. The molecule has 0 amide bonds. The number of hydrogen-bond acceptors (Lipinski definition) is 3. The van der Waals surface area contributed by atoms with Crippen LogP contribution in [-0.2, 0) is 11.2 Å². The Morgan fingerprint density at radius 2 is 1.58 bits per heavy atom. The third-order valence-electron chi connectivity index (χ3n) is 4.60. The summed E-state index contributed by atoms with van der Waals surface area (Å²) < 4.78 is 16.5. The van der Waals surface area contributed by atoms with Crippen LogP contribution in [0.3, 0.4) is 0 Å². The van der Waals surface area contributed by atoms with E-state index in [1.54, 1.807) is 14.2 Å². The van der Waals surface area contributed by atoms with Crippen LogP contribution in [-0.4, -0.2) is 27.4 Å². The van der Waals surface area contributed by atoms with Gasteiger partial charge in [0.05, 0.1) is 13.7 Å². The van der Waals surface area contributed by atoms with Crippen LogP contribution in [0, 0.1) is 0 Å². The van der Waals surface area contributed by atoms with Crippen LogP contribution < -0.4 is 9.47 Å². The van der Waals surface area contributed by atoms with Gasteiger partial charge in [-0.3, -0.25) is 0 Å². The third-order valence-corrected chi connectivity index (χ3v) is 4.60. The largest absolute Gasteiger partial charge is 0.497 e. The molecule has 0 N–H and O–H groups in total. The molecule has 26 heavy (non-hydrogen) atoms. The normalized spacial score (nSPS) is 10.9. The van der Waals surface area contributed by atoms with Crippen LogP contribution in [0.2, 0.25) is 0 Å². The summed E-state index contributed by atoms with van der Waals surface area (Å²) in [5, 5.41) is 2.37. The average molecular weight is 350 g/mol. The van der Waals surface area contributed by atoms with Gasteiger partial charge in [-0.15, -0.1) is 0 Å². The molecule has 0 atom stereocenters. The standard InChI is InChI=1S/C23H26O3/c1-4-17-16-22(26-15-7-14-24-2)20-8-5-6-9-21(20)23(17)18-10-12-19(25-3)13-11-18/h5-6,8-13,16H,4,7,14-15H2,1-3H3. The second-order valence-electron chi connectivity index (χ2n) is 6.23. The zero-order valence-electron chi connectivity index (χ0n) is 15.7. The maximum Gasteiger partial charge on any atom is 0.127 e. The second kappa shape index (κ2) is 8.72. The highest BCUT2D eigenvalue weighted by Crippen LogP contribution is 2.38. The lowest BCUT2D eigenvalue weighted by Crippen LogP contribution is -2.03. The molecule has 0 radical (unpaired) electrons. The number of hydrogen-bond donors (Lipinski definition) is 0. The average Bonchev–Trinajstić information content (AvgIpc) is 2.70. The highest BCUT2D eigenvalue weighted by atomic mass is 16.5. The zero-order chi connectivity index (χ0) is 18.4. The Morgan fingerprint density at radius 3 is 2.23 bits per heavy atom. The van der Waals surface area contributed by atoms with Gasteiger partial charge in [0.1, 0.15) is 11.5 Å². The molecule has 3 aromatic carbocycles. The molecule has 136 valence electrons. The van der Waals surface area contributed by atoms with E-state index in [9.17, 15) is 0 Å². The van der Waals surface area contributed by atoms with Crippen LogP contribution in [0.4, 0.5) is 0 Å². The molecule has 3 aromatic rings. The first-order valence-electron chi connectivity index (χ1n) is 9.09. The van der Waals surface area contributed by atoms with Gasteiger partial charge in [-0.05, 0) is 46.7 Å². The quantitative estimate of drug-likeness (QED) is 0.503. The Kier molecular flexibility index (Phi) is 6.13. The van der Waals surface area contributed by atoms with Crippen LogP contribution in [0.25, 0.3) is 21.9 Å². The van der Waals surface area contributed by atoms with Gasteiger partial charge in [0.15, 0.2) is 0 Å².